The zero-order chi connectivity index (χ0) is 13.7. The highest BCUT2D eigenvalue weighted by atomic mass is 28.4. The minimum Gasteiger partial charge on any atom is -0.403 e. The molecule has 0 aliphatic carbocycles. The lowest BCUT2D eigenvalue weighted by Gasteiger charge is -2.38. The number of hydrogen-bond acceptors (Lipinski definition) is 1. The Morgan fingerprint density at radius 2 is 1.94 bits per heavy atom. The highest BCUT2D eigenvalue weighted by molar-refractivity contribution is 6.74. The maximum atomic E-state index is 8.26. The largest absolute Gasteiger partial charge is 0.403 e. The Morgan fingerprint density at radius 1 is 1.38 bits per heavy atom. The van der Waals surface area contributed by atoms with Crippen molar-refractivity contribution in [2.75, 3.05) is 0 Å². The number of terminal acetylenes is 1. The van der Waals surface area contributed by atoms with E-state index in [4.69, 9.17) is 12.2 Å². The first kappa shape index (κ1) is 13.8. The summed E-state index contributed by atoms with van der Waals surface area (Å²) in [6, 6.07) is 0. The van der Waals surface area contributed by atoms with Crippen LogP contribution in [0.4, 0.5) is 0 Å². The summed E-state index contributed by atoms with van der Waals surface area (Å²) in [6.45, 7) is 12.9. The minimum atomic E-state index is -1.95. The highest BCUT2D eigenvalue weighted by Crippen LogP contribution is 2.37. The lowest BCUT2D eigenvalue weighted by Crippen LogP contribution is -2.43. The van der Waals surface area contributed by atoms with Crippen LogP contribution in [0.3, 0.4) is 0 Å². The van der Waals surface area contributed by atoms with Gasteiger partial charge in [-0.1, -0.05) is 46.5 Å². The number of hydrogen-bond donors (Lipinski definition) is 0. The molecule has 0 saturated heterocycles. The molecule has 0 saturated carbocycles. The van der Waals surface area contributed by atoms with Gasteiger partial charge >= 0.3 is 0 Å². The second-order valence-electron chi connectivity index (χ2n) is 5.89. The van der Waals surface area contributed by atoms with Gasteiger partial charge in [0.2, 0.25) is 0 Å². The Bertz CT molecular complexity index is 275. The van der Waals surface area contributed by atoms with E-state index in [1.54, 1.807) is 0 Å². The third-order valence-electron chi connectivity index (χ3n) is 3.35. The van der Waals surface area contributed by atoms with Crippen LogP contribution in [-0.2, 0) is 4.43 Å². The van der Waals surface area contributed by atoms with E-state index < -0.39 is 14.4 Å². The second-order valence-corrected chi connectivity index (χ2v) is 10.6. The average molecular weight is 242 g/mol. The van der Waals surface area contributed by atoms with Crippen LogP contribution in [0.15, 0.2) is 0 Å². The Labute approximate surface area is 105 Å². The van der Waals surface area contributed by atoms with Crippen LogP contribution in [0.1, 0.15) is 54.7 Å². The van der Waals surface area contributed by atoms with Gasteiger partial charge in [0, 0.05) is 0 Å². The second kappa shape index (κ2) is 6.47. The van der Waals surface area contributed by atoms with Gasteiger partial charge in [0.15, 0.2) is 8.32 Å². The topological polar surface area (TPSA) is 9.23 Å². The maximum absolute atomic E-state index is 8.26. The van der Waals surface area contributed by atoms with Crippen LogP contribution in [0, 0.1) is 12.3 Å². The molecule has 16 heavy (non-hydrogen) atoms. The first-order chi connectivity index (χ1) is 7.58. The quantitative estimate of drug-likeness (QED) is 0.376. The summed E-state index contributed by atoms with van der Waals surface area (Å²) in [5.74, 6) is 2.54. The third kappa shape index (κ3) is 5.18. The molecule has 0 fully saturated rings. The molecule has 1 unspecified atom stereocenters. The van der Waals surface area contributed by atoms with Crippen molar-refractivity contribution in [2.45, 2.75) is 77.6 Å². The lowest BCUT2D eigenvalue weighted by atomic mass is 10.1. The fourth-order valence-corrected chi connectivity index (χ4v) is 2.23. The van der Waals surface area contributed by atoms with Crippen molar-refractivity contribution in [1.29, 1.82) is 0 Å². The molecule has 0 aliphatic rings. The molecule has 0 bridgehead atoms. The summed E-state index contributed by atoms with van der Waals surface area (Å²) < 4.78 is 14.3. The van der Waals surface area contributed by atoms with E-state index in [0.717, 1.165) is 19.3 Å². The van der Waals surface area contributed by atoms with Gasteiger partial charge in [0.1, 0.15) is 6.08 Å². The van der Waals surface area contributed by atoms with Gasteiger partial charge in [-0.25, -0.2) is 0 Å². The molecular formula is C14H28OSi. The minimum absolute atomic E-state index is 0.0981. The Hall–Kier alpha value is -0.263. The standard InChI is InChI=1S/C14H28OSi/c1-8-10-11-12-13(9-2)15-16(6,7)14(3,4)5/h2,13H,8,10-12H2,1,3-7H3/i13T. The molecule has 0 N–H and O–H groups in total. The molecule has 0 aromatic heterocycles. The molecule has 1 atom stereocenters. The predicted octanol–water partition coefficient (Wildman–Crippen LogP) is 4.59. The summed E-state index contributed by atoms with van der Waals surface area (Å²) >= 11 is 0. The van der Waals surface area contributed by atoms with Crippen LogP contribution in [0.2, 0.25) is 18.1 Å². The van der Waals surface area contributed by atoms with E-state index in [-0.39, 0.29) is 5.04 Å². The molecule has 0 aromatic carbocycles. The van der Waals surface area contributed by atoms with E-state index in [0.29, 0.717) is 6.42 Å². The Balaban J connectivity index is 4.64. The van der Waals surface area contributed by atoms with E-state index >= 15 is 0 Å². The molecule has 0 aromatic rings. The SMILES string of the molecule is [3H]C(C#C)(CCCCC)O[Si](C)(C)C(C)(C)C. The maximum Gasteiger partial charge on any atom is 0.193 e. The fourth-order valence-electron chi connectivity index (χ4n) is 1.15. The average Bonchev–Trinajstić information content (AvgIpc) is 2.15. The molecule has 0 aliphatic heterocycles. The molecule has 0 spiro atoms. The zero-order valence-electron chi connectivity index (χ0n) is 12.8. The Morgan fingerprint density at radius 3 is 2.31 bits per heavy atom. The van der Waals surface area contributed by atoms with Crippen LogP contribution < -0.4 is 0 Å². The predicted molar refractivity (Wildman–Crippen MR) is 75.0 cm³/mol. The van der Waals surface area contributed by atoms with Crippen molar-refractivity contribution in [1.82, 2.24) is 0 Å². The number of rotatable bonds is 6. The smallest absolute Gasteiger partial charge is 0.193 e. The molecular weight excluding hydrogens is 212 g/mol. The number of unbranched alkanes of at least 4 members (excludes halogenated alkanes) is 2. The van der Waals surface area contributed by atoms with Crippen LogP contribution in [-0.4, -0.2) is 14.4 Å². The van der Waals surface area contributed by atoms with E-state index in [2.05, 4.69) is 46.7 Å². The molecule has 0 rings (SSSR count). The van der Waals surface area contributed by atoms with Crippen LogP contribution in [0.5, 0.6) is 0 Å². The van der Waals surface area contributed by atoms with Crippen molar-refractivity contribution in [3.8, 4) is 12.3 Å². The van der Waals surface area contributed by atoms with Gasteiger partial charge in [0.25, 0.3) is 0 Å². The van der Waals surface area contributed by atoms with Crippen LogP contribution >= 0.6 is 0 Å². The summed E-state index contributed by atoms with van der Waals surface area (Å²) in [4.78, 5) is 0. The molecule has 0 heterocycles. The summed E-state index contributed by atoms with van der Waals surface area (Å²) in [5.41, 5.74) is 0. The van der Waals surface area contributed by atoms with Gasteiger partial charge < -0.3 is 4.43 Å². The van der Waals surface area contributed by atoms with Crippen molar-refractivity contribution in [2.24, 2.45) is 0 Å². The first-order valence-electron chi connectivity index (χ1n) is 6.76. The molecule has 1 nitrogen and oxygen atoms in total. The van der Waals surface area contributed by atoms with Crippen LogP contribution in [0.25, 0.3) is 0 Å². The van der Waals surface area contributed by atoms with Gasteiger partial charge in [-0.3, -0.25) is 0 Å². The summed E-state index contributed by atoms with van der Waals surface area (Å²) in [5, 5.41) is 0.0981. The van der Waals surface area contributed by atoms with Crippen molar-refractivity contribution in [3.63, 3.8) is 0 Å². The van der Waals surface area contributed by atoms with Crippen molar-refractivity contribution in [3.05, 3.63) is 0 Å². The molecule has 94 valence electrons. The Kier molecular flexibility index (Phi) is 5.58. The highest BCUT2D eigenvalue weighted by Gasteiger charge is 2.38. The monoisotopic (exact) mass is 242 g/mol. The lowest BCUT2D eigenvalue weighted by molar-refractivity contribution is 0.219. The fraction of sp³-hybridized carbons (Fsp3) is 0.857. The third-order valence-corrected chi connectivity index (χ3v) is 7.72. The molecule has 0 radical (unpaired) electrons. The van der Waals surface area contributed by atoms with Gasteiger partial charge in [-0.05, 0) is 31.0 Å². The van der Waals surface area contributed by atoms with Gasteiger partial charge in [0.05, 0.1) is 1.37 Å². The van der Waals surface area contributed by atoms with Crippen molar-refractivity contribution < 1.29 is 5.80 Å². The normalized spacial score (nSPS) is 17.4. The molecule has 2 heteroatoms. The molecule has 0 amide bonds. The van der Waals surface area contributed by atoms with Gasteiger partial charge in [-0.15, -0.1) is 6.42 Å². The van der Waals surface area contributed by atoms with E-state index in [1.807, 2.05) is 0 Å². The van der Waals surface area contributed by atoms with Gasteiger partial charge in [-0.2, -0.15) is 0 Å². The zero-order valence-corrected chi connectivity index (χ0v) is 12.8. The summed E-state index contributed by atoms with van der Waals surface area (Å²) in [7, 11) is -1.95. The summed E-state index contributed by atoms with van der Waals surface area (Å²) in [6.07, 6.45) is 8.24. The van der Waals surface area contributed by atoms with E-state index in [9.17, 15) is 0 Å². The van der Waals surface area contributed by atoms with E-state index in [1.165, 1.54) is 0 Å². The first-order valence-corrected chi connectivity index (χ1v) is 9.17. The van der Waals surface area contributed by atoms with Crippen molar-refractivity contribution >= 4 is 8.32 Å².